The molecule has 0 N–H and O–H groups in total. The first-order valence-electron chi connectivity index (χ1n) is 11.1. The second-order valence-electron chi connectivity index (χ2n) is 9.42. The predicted molar refractivity (Wildman–Crippen MR) is 120 cm³/mol. The lowest BCUT2D eigenvalue weighted by molar-refractivity contribution is 0.148. The van der Waals surface area contributed by atoms with Crippen LogP contribution in [0.15, 0.2) is 35.6 Å². The van der Waals surface area contributed by atoms with Gasteiger partial charge in [-0.3, -0.25) is 9.89 Å². The molecule has 0 bridgehead atoms. The molecule has 1 saturated heterocycles. The first-order valence-corrected chi connectivity index (χ1v) is 11.1. The van der Waals surface area contributed by atoms with Crippen LogP contribution in [0.5, 0.6) is 5.75 Å². The van der Waals surface area contributed by atoms with E-state index in [0.717, 1.165) is 61.0 Å². The summed E-state index contributed by atoms with van der Waals surface area (Å²) in [5, 5.41) is 0. The van der Waals surface area contributed by atoms with Crippen molar-refractivity contribution in [3.63, 3.8) is 0 Å². The molecule has 3 heterocycles. The van der Waals surface area contributed by atoms with Crippen LogP contribution in [-0.4, -0.2) is 57.9 Å². The molecule has 1 saturated carbocycles. The van der Waals surface area contributed by atoms with Crippen molar-refractivity contribution < 1.29 is 4.74 Å². The Bertz CT molecular complexity index is 981. The fourth-order valence-electron chi connectivity index (χ4n) is 4.60. The number of piperazine rings is 1. The molecule has 158 valence electrons. The molecule has 30 heavy (non-hydrogen) atoms. The summed E-state index contributed by atoms with van der Waals surface area (Å²) in [6.45, 7) is 12.7. The summed E-state index contributed by atoms with van der Waals surface area (Å²) in [7, 11) is 0. The van der Waals surface area contributed by atoms with E-state index in [1.54, 1.807) is 6.33 Å². The minimum Gasteiger partial charge on any atom is -0.488 e. The van der Waals surface area contributed by atoms with E-state index in [0.29, 0.717) is 18.6 Å². The summed E-state index contributed by atoms with van der Waals surface area (Å²) in [5.41, 5.74) is 4.24. The summed E-state index contributed by atoms with van der Waals surface area (Å²) in [6.07, 6.45) is 3.93. The molecule has 5 rings (SSSR count). The molecule has 1 aromatic carbocycles. The zero-order valence-electron chi connectivity index (χ0n) is 18.4. The Hall–Kier alpha value is -2.47. The number of rotatable bonds is 5. The molecule has 1 aromatic heterocycles. The van der Waals surface area contributed by atoms with Gasteiger partial charge in [0.2, 0.25) is 0 Å². The second-order valence-corrected chi connectivity index (χ2v) is 9.42. The highest BCUT2D eigenvalue weighted by Gasteiger charge is 2.40. The van der Waals surface area contributed by atoms with Gasteiger partial charge in [0.05, 0.1) is 18.0 Å². The third-order valence-electron chi connectivity index (χ3n) is 6.62. The fourth-order valence-corrected chi connectivity index (χ4v) is 4.60. The Morgan fingerprint density at radius 2 is 1.97 bits per heavy atom. The third-order valence-corrected chi connectivity index (χ3v) is 6.62. The zero-order chi connectivity index (χ0) is 20.9. The van der Waals surface area contributed by atoms with E-state index >= 15 is 0 Å². The summed E-state index contributed by atoms with van der Waals surface area (Å²) >= 11 is 0. The van der Waals surface area contributed by atoms with Gasteiger partial charge in [0.1, 0.15) is 23.5 Å². The zero-order valence-corrected chi connectivity index (χ0v) is 18.4. The number of nitrogens with zero attached hydrogens (tertiary/aromatic N) is 5. The van der Waals surface area contributed by atoms with Crippen LogP contribution < -0.4 is 9.64 Å². The molecule has 6 heteroatoms. The van der Waals surface area contributed by atoms with Gasteiger partial charge in [-0.05, 0) is 58.2 Å². The highest BCUT2D eigenvalue weighted by molar-refractivity contribution is 6.14. The fraction of sp³-hybridized carbons (Fsp3) is 0.542. The molecule has 1 atom stereocenters. The van der Waals surface area contributed by atoms with Gasteiger partial charge in [-0.1, -0.05) is 6.07 Å². The van der Waals surface area contributed by atoms with Crippen molar-refractivity contribution in [2.75, 3.05) is 24.5 Å². The van der Waals surface area contributed by atoms with Gasteiger partial charge in [0, 0.05) is 43.3 Å². The molecule has 2 fully saturated rings. The van der Waals surface area contributed by atoms with Gasteiger partial charge in [-0.15, -0.1) is 0 Å². The Balaban J connectivity index is 1.38. The number of fused-ring (bicyclic) bond motifs is 1. The van der Waals surface area contributed by atoms with Crippen molar-refractivity contribution in [3.8, 4) is 5.75 Å². The second kappa shape index (κ2) is 7.34. The first kappa shape index (κ1) is 19.5. The summed E-state index contributed by atoms with van der Waals surface area (Å²) in [4.78, 5) is 18.9. The van der Waals surface area contributed by atoms with E-state index in [9.17, 15) is 0 Å². The van der Waals surface area contributed by atoms with Crippen molar-refractivity contribution in [1.29, 1.82) is 0 Å². The minimum atomic E-state index is 0.0149. The quantitative estimate of drug-likeness (QED) is 0.760. The van der Waals surface area contributed by atoms with Gasteiger partial charge in [0.25, 0.3) is 0 Å². The maximum absolute atomic E-state index is 6.18. The topological polar surface area (TPSA) is 53.9 Å². The Kier molecular flexibility index (Phi) is 4.77. The van der Waals surface area contributed by atoms with Crippen LogP contribution in [-0.2, 0) is 6.54 Å². The van der Waals surface area contributed by atoms with Crippen molar-refractivity contribution in [3.05, 3.63) is 47.4 Å². The lowest BCUT2D eigenvalue weighted by Gasteiger charge is -2.42. The lowest BCUT2D eigenvalue weighted by Crippen LogP contribution is -2.54. The van der Waals surface area contributed by atoms with Crippen molar-refractivity contribution in [2.24, 2.45) is 4.99 Å². The van der Waals surface area contributed by atoms with E-state index < -0.39 is 0 Å². The van der Waals surface area contributed by atoms with E-state index in [1.807, 2.05) is 0 Å². The molecule has 6 nitrogen and oxygen atoms in total. The molecular weight excluding hydrogens is 374 g/mol. The Morgan fingerprint density at radius 3 is 2.70 bits per heavy atom. The maximum atomic E-state index is 6.18. The number of aliphatic imine (C=N–C) groups is 1. The van der Waals surface area contributed by atoms with Gasteiger partial charge in [0.15, 0.2) is 0 Å². The van der Waals surface area contributed by atoms with Crippen LogP contribution in [0.2, 0.25) is 0 Å². The summed E-state index contributed by atoms with van der Waals surface area (Å²) < 4.78 is 6.18. The highest BCUT2D eigenvalue weighted by atomic mass is 16.5. The van der Waals surface area contributed by atoms with Gasteiger partial charge < -0.3 is 9.64 Å². The normalized spacial score (nSPS) is 22.8. The van der Waals surface area contributed by atoms with Crippen molar-refractivity contribution >= 4 is 11.5 Å². The van der Waals surface area contributed by atoms with Crippen LogP contribution in [0.1, 0.15) is 57.4 Å². The van der Waals surface area contributed by atoms with Crippen LogP contribution in [0.25, 0.3) is 0 Å². The Labute approximate surface area is 179 Å². The van der Waals surface area contributed by atoms with Crippen LogP contribution >= 0.6 is 0 Å². The standard InChI is InChI=1S/C24H31N5O/c1-16(2)29-10-9-28(14-17(29)3)22-12-21(26-15-27-22)23-20-11-19(30-24(4)7-8-24)6-5-18(20)13-25-23/h5-6,11-12,15-17H,7-10,13-14H2,1-4H3/t17-/m1/s1. The van der Waals surface area contributed by atoms with Crippen LogP contribution in [0.3, 0.4) is 0 Å². The first-order chi connectivity index (χ1) is 14.4. The number of hydrogen-bond donors (Lipinski definition) is 0. The number of benzene rings is 1. The Morgan fingerprint density at radius 1 is 1.13 bits per heavy atom. The van der Waals surface area contributed by atoms with E-state index in [2.05, 4.69) is 71.7 Å². The van der Waals surface area contributed by atoms with Crippen LogP contribution in [0.4, 0.5) is 5.82 Å². The van der Waals surface area contributed by atoms with Gasteiger partial charge in [-0.2, -0.15) is 0 Å². The predicted octanol–water partition coefficient (Wildman–Crippen LogP) is 3.68. The molecule has 0 spiro atoms. The largest absolute Gasteiger partial charge is 0.488 e. The van der Waals surface area contributed by atoms with E-state index in [4.69, 9.17) is 9.73 Å². The van der Waals surface area contributed by atoms with Crippen LogP contribution in [0, 0.1) is 0 Å². The minimum absolute atomic E-state index is 0.0149. The lowest BCUT2D eigenvalue weighted by atomic mass is 10.0. The van der Waals surface area contributed by atoms with Gasteiger partial charge >= 0.3 is 0 Å². The molecule has 2 aliphatic heterocycles. The van der Waals surface area contributed by atoms with Crippen molar-refractivity contribution in [1.82, 2.24) is 14.9 Å². The van der Waals surface area contributed by atoms with Crippen molar-refractivity contribution in [2.45, 2.75) is 64.8 Å². The van der Waals surface area contributed by atoms with Gasteiger partial charge in [-0.25, -0.2) is 9.97 Å². The number of hydrogen-bond acceptors (Lipinski definition) is 6. The van der Waals surface area contributed by atoms with E-state index in [1.165, 1.54) is 5.56 Å². The number of ether oxygens (including phenoxy) is 1. The monoisotopic (exact) mass is 405 g/mol. The summed E-state index contributed by atoms with van der Waals surface area (Å²) in [5.74, 6) is 1.92. The molecular formula is C24H31N5O. The molecule has 1 aliphatic carbocycles. The number of aromatic nitrogens is 2. The molecule has 0 radical (unpaired) electrons. The SMILES string of the molecule is CC(C)N1CCN(c2cc(C3=NCc4ccc(OC5(C)CC5)cc43)ncn2)C[C@H]1C. The average molecular weight is 406 g/mol. The maximum Gasteiger partial charge on any atom is 0.132 e. The average Bonchev–Trinajstić information content (AvgIpc) is 3.30. The molecule has 0 unspecified atom stereocenters. The molecule has 2 aromatic rings. The number of anilines is 1. The summed E-state index contributed by atoms with van der Waals surface area (Å²) in [6, 6.07) is 9.52. The molecule has 3 aliphatic rings. The molecule has 0 amide bonds. The smallest absolute Gasteiger partial charge is 0.132 e. The highest BCUT2D eigenvalue weighted by Crippen LogP contribution is 2.40. The van der Waals surface area contributed by atoms with E-state index in [-0.39, 0.29) is 5.60 Å². The third kappa shape index (κ3) is 3.69.